The lowest BCUT2D eigenvalue weighted by molar-refractivity contribution is -0.142. The second kappa shape index (κ2) is 12.1. The predicted molar refractivity (Wildman–Crippen MR) is 139 cm³/mol. The molecule has 196 valence electrons. The lowest BCUT2D eigenvalue weighted by Gasteiger charge is -2.22. The molecule has 38 heavy (non-hydrogen) atoms. The topological polar surface area (TPSA) is 142 Å². The van der Waals surface area contributed by atoms with E-state index in [0.29, 0.717) is 5.56 Å². The maximum atomic E-state index is 12.9. The Morgan fingerprint density at radius 2 is 1.34 bits per heavy atom. The van der Waals surface area contributed by atoms with Crippen molar-refractivity contribution in [2.24, 2.45) is 0 Å². The molecule has 1 aliphatic carbocycles. The fourth-order valence-electron chi connectivity index (χ4n) is 4.64. The first kappa shape index (κ1) is 26.4. The van der Waals surface area contributed by atoms with Gasteiger partial charge in [-0.1, -0.05) is 78.9 Å². The van der Waals surface area contributed by atoms with Crippen LogP contribution in [0.15, 0.2) is 78.9 Å². The highest BCUT2D eigenvalue weighted by Crippen LogP contribution is 2.44. The normalized spacial score (nSPS) is 13.5. The summed E-state index contributed by atoms with van der Waals surface area (Å²) < 4.78 is 5.48. The van der Waals surface area contributed by atoms with Crippen molar-refractivity contribution in [1.82, 2.24) is 10.6 Å². The predicted octanol–water partition coefficient (Wildman–Crippen LogP) is 3.57. The zero-order valence-electron chi connectivity index (χ0n) is 20.5. The zero-order chi connectivity index (χ0) is 27.1. The van der Waals surface area contributed by atoms with Gasteiger partial charge in [0.05, 0.1) is 0 Å². The Balaban J connectivity index is 1.42. The molecule has 2 atom stereocenters. The minimum absolute atomic E-state index is 0.0128. The highest BCUT2D eigenvalue weighted by atomic mass is 16.5. The molecule has 0 fully saturated rings. The molecular weight excluding hydrogens is 488 g/mol. The molecule has 4 rings (SSSR count). The van der Waals surface area contributed by atoms with Gasteiger partial charge in [-0.2, -0.15) is 0 Å². The third-order valence-corrected chi connectivity index (χ3v) is 6.50. The van der Waals surface area contributed by atoms with E-state index in [4.69, 9.17) is 9.84 Å². The van der Waals surface area contributed by atoms with Crippen molar-refractivity contribution in [2.75, 3.05) is 6.61 Å². The van der Waals surface area contributed by atoms with E-state index < -0.39 is 42.4 Å². The highest BCUT2D eigenvalue weighted by molar-refractivity contribution is 5.89. The first-order valence-electron chi connectivity index (χ1n) is 12.2. The van der Waals surface area contributed by atoms with Gasteiger partial charge in [-0.05, 0) is 34.2 Å². The van der Waals surface area contributed by atoms with Crippen LogP contribution in [-0.4, -0.2) is 52.8 Å². The monoisotopic (exact) mass is 516 g/mol. The summed E-state index contributed by atoms with van der Waals surface area (Å²) in [6.45, 7) is 0.0128. The number of amides is 2. The van der Waals surface area contributed by atoms with Gasteiger partial charge in [-0.3, -0.25) is 9.59 Å². The smallest absolute Gasteiger partial charge is 0.407 e. The van der Waals surface area contributed by atoms with E-state index in [1.807, 2.05) is 48.5 Å². The summed E-state index contributed by atoms with van der Waals surface area (Å²) in [4.78, 5) is 48.6. The van der Waals surface area contributed by atoms with Crippen molar-refractivity contribution >= 4 is 23.9 Å². The molecule has 0 heterocycles. The molecular formula is C29H28N2O7. The number of rotatable bonds is 11. The maximum absolute atomic E-state index is 12.9. The number of nitrogens with one attached hydrogen (secondary N) is 2. The van der Waals surface area contributed by atoms with Gasteiger partial charge in [0.2, 0.25) is 5.91 Å². The molecule has 1 aliphatic rings. The number of carboxylic acid groups (broad SMARTS) is 2. The van der Waals surface area contributed by atoms with E-state index in [0.717, 1.165) is 22.3 Å². The molecule has 3 aromatic rings. The van der Waals surface area contributed by atoms with Gasteiger partial charge in [-0.15, -0.1) is 0 Å². The van der Waals surface area contributed by atoms with E-state index in [-0.39, 0.29) is 25.4 Å². The van der Waals surface area contributed by atoms with Crippen LogP contribution >= 0.6 is 0 Å². The summed E-state index contributed by atoms with van der Waals surface area (Å²) in [6, 6.07) is 21.9. The summed E-state index contributed by atoms with van der Waals surface area (Å²) >= 11 is 0. The average molecular weight is 517 g/mol. The average Bonchev–Trinajstić information content (AvgIpc) is 3.23. The zero-order valence-corrected chi connectivity index (χ0v) is 20.5. The van der Waals surface area contributed by atoms with E-state index in [1.54, 1.807) is 30.3 Å². The molecule has 0 aliphatic heterocycles. The van der Waals surface area contributed by atoms with Crippen LogP contribution in [0.5, 0.6) is 0 Å². The van der Waals surface area contributed by atoms with Crippen LogP contribution in [0.3, 0.4) is 0 Å². The molecule has 0 saturated heterocycles. The minimum Gasteiger partial charge on any atom is -0.481 e. The fraction of sp³-hybridized carbons (Fsp3) is 0.241. The molecule has 2 amide bonds. The van der Waals surface area contributed by atoms with Crippen LogP contribution in [0.2, 0.25) is 0 Å². The number of alkyl carbamates (subject to hydrolysis) is 1. The largest absolute Gasteiger partial charge is 0.481 e. The third kappa shape index (κ3) is 6.36. The number of carbonyl (C=O) groups is 4. The van der Waals surface area contributed by atoms with Gasteiger partial charge < -0.3 is 25.6 Å². The number of hydrogen-bond donors (Lipinski definition) is 4. The Morgan fingerprint density at radius 1 is 0.763 bits per heavy atom. The minimum atomic E-state index is -1.29. The molecule has 0 spiro atoms. The van der Waals surface area contributed by atoms with Gasteiger partial charge in [0, 0.05) is 18.8 Å². The van der Waals surface area contributed by atoms with Gasteiger partial charge >= 0.3 is 18.0 Å². The maximum Gasteiger partial charge on any atom is 0.407 e. The first-order valence-corrected chi connectivity index (χ1v) is 12.2. The number of fused-ring (bicyclic) bond motifs is 3. The van der Waals surface area contributed by atoms with E-state index >= 15 is 0 Å². The molecule has 4 N–H and O–H groups in total. The van der Waals surface area contributed by atoms with Gasteiger partial charge in [0.1, 0.15) is 18.7 Å². The summed E-state index contributed by atoms with van der Waals surface area (Å²) in [5, 5.41) is 23.6. The van der Waals surface area contributed by atoms with Crippen LogP contribution < -0.4 is 10.6 Å². The van der Waals surface area contributed by atoms with Crippen molar-refractivity contribution in [3.8, 4) is 11.1 Å². The van der Waals surface area contributed by atoms with Crippen molar-refractivity contribution in [3.05, 3.63) is 95.6 Å². The SMILES string of the molecule is O=C(O)CC[C@H](NC(=O)OCC1c2ccccc2-c2ccccc21)C(=O)N[C@@H](Cc1ccccc1)C(=O)O. The van der Waals surface area contributed by atoms with Crippen molar-refractivity contribution in [3.63, 3.8) is 0 Å². The quantitative estimate of drug-likeness (QED) is 0.305. The number of benzene rings is 3. The third-order valence-electron chi connectivity index (χ3n) is 6.50. The van der Waals surface area contributed by atoms with E-state index in [2.05, 4.69) is 10.6 Å². The van der Waals surface area contributed by atoms with Crippen LogP contribution in [-0.2, 0) is 25.5 Å². The Kier molecular flexibility index (Phi) is 8.37. The molecule has 0 saturated carbocycles. The highest BCUT2D eigenvalue weighted by Gasteiger charge is 2.31. The molecule has 0 unspecified atom stereocenters. The number of carboxylic acids is 2. The van der Waals surface area contributed by atoms with Gasteiger partial charge in [-0.25, -0.2) is 9.59 Å². The molecule has 3 aromatic carbocycles. The molecule has 0 bridgehead atoms. The number of ether oxygens (including phenoxy) is 1. The van der Waals surface area contributed by atoms with Crippen molar-refractivity contribution < 1.29 is 34.1 Å². The van der Waals surface area contributed by atoms with Crippen molar-refractivity contribution in [2.45, 2.75) is 37.3 Å². The Hall–Kier alpha value is -4.66. The van der Waals surface area contributed by atoms with Crippen LogP contribution in [0.25, 0.3) is 11.1 Å². The van der Waals surface area contributed by atoms with Crippen LogP contribution in [0.1, 0.15) is 35.4 Å². The number of hydrogen-bond acceptors (Lipinski definition) is 5. The lowest BCUT2D eigenvalue weighted by atomic mass is 9.98. The molecule has 9 nitrogen and oxygen atoms in total. The van der Waals surface area contributed by atoms with E-state index in [9.17, 15) is 24.3 Å². The van der Waals surface area contributed by atoms with Gasteiger partial charge in [0.15, 0.2) is 0 Å². The summed E-state index contributed by atoms with van der Waals surface area (Å²) in [5.41, 5.74) is 4.87. The van der Waals surface area contributed by atoms with Gasteiger partial charge in [0.25, 0.3) is 0 Å². The Labute approximate surface area is 219 Å². The number of carbonyl (C=O) groups excluding carboxylic acids is 2. The Bertz CT molecular complexity index is 1280. The van der Waals surface area contributed by atoms with E-state index in [1.165, 1.54) is 0 Å². The summed E-state index contributed by atoms with van der Waals surface area (Å²) in [5.74, 6) is -3.40. The Morgan fingerprint density at radius 3 is 1.92 bits per heavy atom. The second-order valence-electron chi connectivity index (χ2n) is 9.04. The summed E-state index contributed by atoms with van der Waals surface area (Å²) in [6.07, 6.45) is -1.51. The standard InChI is InChI=1S/C29H28N2O7/c32-26(33)15-14-24(27(34)30-25(28(35)36)16-18-8-2-1-3-9-18)31-29(37)38-17-23-21-12-6-4-10-19(21)20-11-5-7-13-22(20)23/h1-13,23-25H,14-17H2,(H,30,34)(H,31,37)(H,32,33)(H,35,36)/t24-,25-/m0/s1. The lowest BCUT2D eigenvalue weighted by Crippen LogP contribution is -2.52. The molecule has 0 aromatic heterocycles. The fourth-order valence-corrected chi connectivity index (χ4v) is 4.64. The second-order valence-corrected chi connectivity index (χ2v) is 9.04. The first-order chi connectivity index (χ1) is 18.3. The summed E-state index contributed by atoms with van der Waals surface area (Å²) in [7, 11) is 0. The van der Waals surface area contributed by atoms with Crippen LogP contribution in [0, 0.1) is 0 Å². The van der Waals surface area contributed by atoms with Crippen molar-refractivity contribution in [1.29, 1.82) is 0 Å². The number of aliphatic carboxylic acids is 2. The molecule has 9 heteroatoms. The van der Waals surface area contributed by atoms with Crippen LogP contribution in [0.4, 0.5) is 4.79 Å². The molecule has 0 radical (unpaired) electrons.